The normalized spacial score (nSPS) is 12.8. The van der Waals surface area contributed by atoms with Gasteiger partial charge in [-0.2, -0.15) is 0 Å². The molecule has 0 aliphatic rings. The minimum absolute atomic E-state index is 0.0292. The molecule has 0 bridgehead atoms. The van der Waals surface area contributed by atoms with E-state index in [1.54, 1.807) is 13.8 Å². The fourth-order valence-electron chi connectivity index (χ4n) is 1.00. The zero-order valence-corrected chi connectivity index (χ0v) is 10.6. The number of nitrogens with zero attached hydrogens (tertiary/aromatic N) is 1. The maximum absolute atomic E-state index is 11.9. The Morgan fingerprint density at radius 2 is 2.12 bits per heavy atom. The lowest BCUT2D eigenvalue weighted by Gasteiger charge is -2.23. The topological polar surface area (TPSA) is 85.1 Å². The number of nitrogens with two attached hydrogens (primary N) is 1. The molecule has 1 aromatic rings. The zero-order valence-electron chi connectivity index (χ0n) is 9.07. The Bertz CT molecular complexity index is 473. The molecule has 90 valence electrons. The van der Waals surface area contributed by atoms with E-state index in [0.717, 1.165) is 0 Å². The van der Waals surface area contributed by atoms with E-state index in [1.807, 2.05) is 0 Å². The van der Waals surface area contributed by atoms with Crippen LogP contribution in [0.15, 0.2) is 23.4 Å². The van der Waals surface area contributed by atoms with Gasteiger partial charge in [0, 0.05) is 24.5 Å². The number of sulfonamides is 1. The molecule has 1 rings (SSSR count). The van der Waals surface area contributed by atoms with Crippen LogP contribution in [0.3, 0.4) is 0 Å². The number of hydrogen-bond acceptors (Lipinski definition) is 4. The van der Waals surface area contributed by atoms with Crippen LogP contribution in [-0.2, 0) is 10.0 Å². The molecular weight excluding hydrogens is 250 g/mol. The first-order valence-electron chi connectivity index (χ1n) is 4.61. The molecule has 3 N–H and O–H groups in total. The van der Waals surface area contributed by atoms with Crippen LogP contribution in [0.5, 0.6) is 0 Å². The highest BCUT2D eigenvalue weighted by molar-refractivity contribution is 7.89. The van der Waals surface area contributed by atoms with Crippen LogP contribution in [0.4, 0.5) is 0 Å². The van der Waals surface area contributed by atoms with Gasteiger partial charge in [-0.3, -0.25) is 4.98 Å². The maximum atomic E-state index is 11.9. The van der Waals surface area contributed by atoms with Gasteiger partial charge in [-0.25, -0.2) is 13.1 Å². The summed E-state index contributed by atoms with van der Waals surface area (Å²) in [7, 11) is -3.63. The number of aromatic nitrogens is 1. The van der Waals surface area contributed by atoms with Gasteiger partial charge in [-0.1, -0.05) is 11.6 Å². The molecule has 1 heterocycles. The van der Waals surface area contributed by atoms with Crippen molar-refractivity contribution >= 4 is 21.6 Å². The average Bonchev–Trinajstić information content (AvgIpc) is 2.16. The molecule has 1 aromatic heterocycles. The highest BCUT2D eigenvalue weighted by Crippen LogP contribution is 2.15. The van der Waals surface area contributed by atoms with Gasteiger partial charge in [0.15, 0.2) is 0 Å². The highest BCUT2D eigenvalue weighted by atomic mass is 35.5. The maximum Gasteiger partial charge on any atom is 0.242 e. The summed E-state index contributed by atoms with van der Waals surface area (Å²) in [4.78, 5) is 3.75. The van der Waals surface area contributed by atoms with Crippen LogP contribution in [0.1, 0.15) is 13.8 Å². The van der Waals surface area contributed by atoms with Crippen molar-refractivity contribution in [2.75, 3.05) is 6.54 Å². The van der Waals surface area contributed by atoms with E-state index in [9.17, 15) is 8.42 Å². The predicted octanol–water partition coefficient (Wildman–Crippen LogP) is 0.751. The van der Waals surface area contributed by atoms with Crippen LogP contribution in [0.25, 0.3) is 0 Å². The van der Waals surface area contributed by atoms with Gasteiger partial charge in [0.25, 0.3) is 0 Å². The second kappa shape index (κ2) is 4.67. The summed E-state index contributed by atoms with van der Waals surface area (Å²) in [6.45, 7) is 3.59. The molecule has 0 radical (unpaired) electrons. The van der Waals surface area contributed by atoms with Crippen molar-refractivity contribution in [3.8, 4) is 0 Å². The molecule has 5 nitrogen and oxygen atoms in total. The van der Waals surface area contributed by atoms with Crippen LogP contribution in [-0.4, -0.2) is 25.5 Å². The fourth-order valence-corrected chi connectivity index (χ4v) is 2.65. The number of nitrogens with one attached hydrogen (secondary N) is 1. The van der Waals surface area contributed by atoms with Gasteiger partial charge in [-0.15, -0.1) is 0 Å². The van der Waals surface area contributed by atoms with Gasteiger partial charge in [-0.05, 0) is 19.9 Å². The number of hydrogen-bond donors (Lipinski definition) is 2. The Labute approximate surface area is 100 Å². The summed E-state index contributed by atoms with van der Waals surface area (Å²) in [6.07, 6.45) is 2.61. The van der Waals surface area contributed by atoms with Crippen LogP contribution < -0.4 is 10.5 Å². The van der Waals surface area contributed by atoms with Gasteiger partial charge in [0.05, 0.1) is 5.02 Å². The summed E-state index contributed by atoms with van der Waals surface area (Å²) in [5, 5.41) is 0.272. The minimum atomic E-state index is -3.63. The number of pyridine rings is 1. The van der Waals surface area contributed by atoms with E-state index in [2.05, 4.69) is 9.71 Å². The standard InChI is InChI=1S/C9H14ClN3O2S/c1-9(2,6-11)13-16(14,15)8-3-7(10)4-12-5-8/h3-5,13H,6,11H2,1-2H3. The highest BCUT2D eigenvalue weighted by Gasteiger charge is 2.25. The summed E-state index contributed by atoms with van der Waals surface area (Å²) in [6, 6.07) is 1.34. The summed E-state index contributed by atoms with van der Waals surface area (Å²) in [5.41, 5.74) is 4.75. The predicted molar refractivity (Wildman–Crippen MR) is 62.7 cm³/mol. The molecule has 16 heavy (non-hydrogen) atoms. The molecule has 0 atom stereocenters. The molecular formula is C9H14ClN3O2S. The largest absolute Gasteiger partial charge is 0.329 e. The third-order valence-corrected chi connectivity index (χ3v) is 3.78. The third-order valence-electron chi connectivity index (χ3n) is 1.91. The van der Waals surface area contributed by atoms with Crippen LogP contribution in [0.2, 0.25) is 5.02 Å². The van der Waals surface area contributed by atoms with E-state index < -0.39 is 15.6 Å². The van der Waals surface area contributed by atoms with E-state index in [0.29, 0.717) is 0 Å². The van der Waals surface area contributed by atoms with Gasteiger partial charge in [0.1, 0.15) is 4.90 Å². The quantitative estimate of drug-likeness (QED) is 0.840. The lowest BCUT2D eigenvalue weighted by atomic mass is 10.1. The SMILES string of the molecule is CC(C)(CN)NS(=O)(=O)c1cncc(Cl)c1. The van der Waals surface area contributed by atoms with Gasteiger partial charge < -0.3 is 5.73 Å². The second-order valence-electron chi connectivity index (χ2n) is 4.03. The van der Waals surface area contributed by atoms with Crippen molar-refractivity contribution in [3.63, 3.8) is 0 Å². The minimum Gasteiger partial charge on any atom is -0.329 e. The van der Waals surface area contributed by atoms with Gasteiger partial charge >= 0.3 is 0 Å². The zero-order chi connectivity index (χ0) is 12.4. The molecule has 0 unspecified atom stereocenters. The first kappa shape index (κ1) is 13.4. The first-order chi connectivity index (χ1) is 7.27. The van der Waals surface area contributed by atoms with Gasteiger partial charge in [0.2, 0.25) is 10.0 Å². The molecule has 0 aliphatic heterocycles. The van der Waals surface area contributed by atoms with Crippen molar-refractivity contribution in [1.29, 1.82) is 0 Å². The van der Waals surface area contributed by atoms with E-state index >= 15 is 0 Å². The van der Waals surface area contributed by atoms with E-state index in [-0.39, 0.29) is 16.5 Å². The molecule has 7 heteroatoms. The monoisotopic (exact) mass is 263 g/mol. The molecule has 0 amide bonds. The first-order valence-corrected chi connectivity index (χ1v) is 6.47. The Kier molecular flexibility index (Phi) is 3.90. The molecule has 0 saturated carbocycles. The Hall–Kier alpha value is -0.690. The van der Waals surface area contributed by atoms with Crippen LogP contribution >= 0.6 is 11.6 Å². The summed E-state index contributed by atoms with van der Waals surface area (Å²) in [5.74, 6) is 0. The third kappa shape index (κ3) is 3.41. The number of rotatable bonds is 4. The van der Waals surface area contributed by atoms with Crippen molar-refractivity contribution in [1.82, 2.24) is 9.71 Å². The molecule has 0 spiro atoms. The molecule has 0 aliphatic carbocycles. The lowest BCUT2D eigenvalue weighted by Crippen LogP contribution is -2.48. The Morgan fingerprint density at radius 3 is 2.62 bits per heavy atom. The van der Waals surface area contributed by atoms with E-state index in [1.165, 1.54) is 18.5 Å². The second-order valence-corrected chi connectivity index (χ2v) is 6.15. The van der Waals surface area contributed by atoms with E-state index in [4.69, 9.17) is 17.3 Å². The summed E-state index contributed by atoms with van der Waals surface area (Å²) < 4.78 is 26.3. The molecule has 0 saturated heterocycles. The fraction of sp³-hybridized carbons (Fsp3) is 0.444. The summed E-state index contributed by atoms with van der Waals surface area (Å²) >= 11 is 5.68. The van der Waals surface area contributed by atoms with Crippen molar-refractivity contribution in [2.45, 2.75) is 24.3 Å². The lowest BCUT2D eigenvalue weighted by molar-refractivity contribution is 0.462. The Balaban J connectivity index is 3.04. The van der Waals surface area contributed by atoms with Crippen molar-refractivity contribution in [2.24, 2.45) is 5.73 Å². The van der Waals surface area contributed by atoms with Crippen molar-refractivity contribution in [3.05, 3.63) is 23.5 Å². The molecule has 0 aromatic carbocycles. The average molecular weight is 264 g/mol. The smallest absolute Gasteiger partial charge is 0.242 e. The van der Waals surface area contributed by atoms with Crippen LogP contribution in [0, 0.1) is 0 Å². The number of halogens is 1. The van der Waals surface area contributed by atoms with Crippen molar-refractivity contribution < 1.29 is 8.42 Å². The molecule has 0 fully saturated rings. The Morgan fingerprint density at radius 1 is 1.50 bits per heavy atom.